The molecular weight excluding hydrogens is 416 g/mol. The number of likely N-dealkylation sites (tertiary alicyclic amines) is 2. The van der Waals surface area contributed by atoms with Gasteiger partial charge in [0.05, 0.1) is 0 Å². The molecule has 3 rings (SSSR count). The summed E-state index contributed by atoms with van der Waals surface area (Å²) in [5.41, 5.74) is 0. The summed E-state index contributed by atoms with van der Waals surface area (Å²) in [6, 6.07) is -1.23. The van der Waals surface area contributed by atoms with Crippen molar-refractivity contribution in [2.75, 3.05) is 13.1 Å². The highest BCUT2D eigenvalue weighted by Gasteiger charge is 2.33. The number of hydrogen-bond acceptors (Lipinski definition) is 6. The molecule has 0 radical (unpaired) electrons. The Kier molecular flexibility index (Phi) is 8.35. The van der Waals surface area contributed by atoms with Crippen LogP contribution in [0, 0.1) is 0 Å². The van der Waals surface area contributed by atoms with E-state index in [2.05, 4.69) is 10.6 Å². The minimum absolute atomic E-state index is 0.137. The van der Waals surface area contributed by atoms with Gasteiger partial charge in [-0.05, 0) is 51.4 Å². The van der Waals surface area contributed by atoms with Crippen LogP contribution in [0.3, 0.4) is 0 Å². The van der Waals surface area contributed by atoms with E-state index in [9.17, 15) is 28.8 Å². The van der Waals surface area contributed by atoms with Gasteiger partial charge in [0, 0.05) is 38.8 Å². The van der Waals surface area contributed by atoms with Gasteiger partial charge in [0.1, 0.15) is 12.1 Å². The predicted molar refractivity (Wildman–Crippen MR) is 113 cm³/mol. The summed E-state index contributed by atoms with van der Waals surface area (Å²) in [4.78, 5) is 74.6. The molecule has 176 valence electrons. The van der Waals surface area contributed by atoms with Crippen LogP contribution in [0.25, 0.3) is 0 Å². The maximum atomic E-state index is 12.4. The molecule has 0 bridgehead atoms. The Morgan fingerprint density at radius 1 is 0.562 bits per heavy atom. The van der Waals surface area contributed by atoms with Crippen molar-refractivity contribution >= 4 is 35.4 Å². The molecule has 32 heavy (non-hydrogen) atoms. The second kappa shape index (κ2) is 11.2. The Balaban J connectivity index is 1.33. The molecule has 10 nitrogen and oxygen atoms in total. The summed E-state index contributed by atoms with van der Waals surface area (Å²) < 4.78 is 0. The number of unbranched alkanes of at least 4 members (excludes halogenated alkanes) is 2. The second-order valence-corrected chi connectivity index (χ2v) is 8.70. The minimum Gasteiger partial charge on any atom is -0.343 e. The zero-order chi connectivity index (χ0) is 23.1. The van der Waals surface area contributed by atoms with Crippen molar-refractivity contribution in [2.45, 2.75) is 89.1 Å². The van der Waals surface area contributed by atoms with E-state index in [0.717, 1.165) is 0 Å². The van der Waals surface area contributed by atoms with Crippen LogP contribution >= 0.6 is 0 Å². The third-order valence-electron chi connectivity index (χ3n) is 6.28. The molecule has 2 atom stereocenters. The van der Waals surface area contributed by atoms with E-state index in [1.54, 1.807) is 0 Å². The first kappa shape index (κ1) is 23.9. The molecule has 10 heteroatoms. The maximum absolute atomic E-state index is 12.4. The molecule has 2 unspecified atom stereocenters. The largest absolute Gasteiger partial charge is 0.343 e. The number of piperidine rings is 2. The highest BCUT2D eigenvalue weighted by Crippen LogP contribution is 2.16. The SMILES string of the molecule is O=C1NC(CCCCN2C(=O)CCCC2=O)C(=O)NC1CCCCN1C(=O)CCCC1=O. The number of carbonyl (C=O) groups excluding carboxylic acids is 6. The summed E-state index contributed by atoms with van der Waals surface area (Å²) >= 11 is 0. The molecule has 0 aromatic heterocycles. The highest BCUT2D eigenvalue weighted by atomic mass is 16.2. The smallest absolute Gasteiger partial charge is 0.243 e. The number of nitrogens with zero attached hydrogens (tertiary/aromatic N) is 2. The standard InChI is InChI=1S/C22H32N4O6/c27-17-9-5-10-18(28)25(17)13-3-1-7-15-21(31)24-16(22(32)23-15)8-2-4-14-26-19(29)11-6-12-20(26)30/h15-16H,1-14H2,(H,23,32)(H,24,31). The van der Waals surface area contributed by atoms with Gasteiger partial charge in [-0.25, -0.2) is 0 Å². The molecule has 6 amide bonds. The summed E-state index contributed by atoms with van der Waals surface area (Å²) in [5, 5.41) is 5.52. The first-order valence-electron chi connectivity index (χ1n) is 11.6. The molecule has 0 spiro atoms. The van der Waals surface area contributed by atoms with Gasteiger partial charge in [0.2, 0.25) is 35.4 Å². The Bertz CT molecular complexity index is 686. The predicted octanol–water partition coefficient (Wildman–Crippen LogP) is 0.388. The van der Waals surface area contributed by atoms with Crippen molar-refractivity contribution in [3.05, 3.63) is 0 Å². The van der Waals surface area contributed by atoms with Crippen molar-refractivity contribution in [1.29, 1.82) is 0 Å². The lowest BCUT2D eigenvalue weighted by Crippen LogP contribution is -2.61. The van der Waals surface area contributed by atoms with Crippen LogP contribution < -0.4 is 10.6 Å². The highest BCUT2D eigenvalue weighted by molar-refractivity contribution is 5.98. The van der Waals surface area contributed by atoms with Crippen LogP contribution in [0.4, 0.5) is 0 Å². The molecule has 0 aromatic rings. The van der Waals surface area contributed by atoms with Crippen molar-refractivity contribution in [1.82, 2.24) is 20.4 Å². The van der Waals surface area contributed by atoms with Gasteiger partial charge < -0.3 is 10.6 Å². The number of nitrogens with one attached hydrogen (secondary N) is 2. The summed E-state index contributed by atoms with van der Waals surface area (Å²) in [6.07, 6.45) is 6.12. The van der Waals surface area contributed by atoms with Crippen molar-refractivity contribution < 1.29 is 28.8 Å². The Morgan fingerprint density at radius 2 is 0.906 bits per heavy atom. The van der Waals surface area contributed by atoms with Crippen LogP contribution in [0.1, 0.15) is 77.0 Å². The molecular formula is C22H32N4O6. The van der Waals surface area contributed by atoms with Gasteiger partial charge in [-0.15, -0.1) is 0 Å². The normalized spacial score (nSPS) is 24.6. The van der Waals surface area contributed by atoms with Gasteiger partial charge in [-0.1, -0.05) is 0 Å². The van der Waals surface area contributed by atoms with Crippen molar-refractivity contribution in [3.63, 3.8) is 0 Å². The average Bonchev–Trinajstić information content (AvgIpc) is 2.74. The van der Waals surface area contributed by atoms with E-state index < -0.39 is 12.1 Å². The first-order valence-corrected chi connectivity index (χ1v) is 11.6. The maximum Gasteiger partial charge on any atom is 0.243 e. The monoisotopic (exact) mass is 448 g/mol. The topological polar surface area (TPSA) is 133 Å². The van der Waals surface area contributed by atoms with Gasteiger partial charge >= 0.3 is 0 Å². The molecule has 3 saturated heterocycles. The van der Waals surface area contributed by atoms with E-state index in [-0.39, 0.29) is 35.4 Å². The van der Waals surface area contributed by atoms with Crippen molar-refractivity contribution in [2.24, 2.45) is 0 Å². The zero-order valence-electron chi connectivity index (χ0n) is 18.4. The lowest BCUT2D eigenvalue weighted by atomic mass is 10.0. The van der Waals surface area contributed by atoms with E-state index in [0.29, 0.717) is 90.1 Å². The zero-order valence-corrected chi connectivity index (χ0v) is 18.4. The fourth-order valence-electron chi connectivity index (χ4n) is 4.42. The number of piperazine rings is 1. The van der Waals surface area contributed by atoms with Gasteiger partial charge in [-0.2, -0.15) is 0 Å². The third-order valence-corrected chi connectivity index (χ3v) is 6.28. The van der Waals surface area contributed by atoms with E-state index >= 15 is 0 Å². The quantitative estimate of drug-likeness (QED) is 0.367. The van der Waals surface area contributed by atoms with Crippen LogP contribution in [0.15, 0.2) is 0 Å². The fraction of sp³-hybridized carbons (Fsp3) is 0.727. The minimum atomic E-state index is -0.616. The molecule has 3 heterocycles. The number of hydrogen-bond donors (Lipinski definition) is 2. The van der Waals surface area contributed by atoms with Crippen molar-refractivity contribution in [3.8, 4) is 0 Å². The van der Waals surface area contributed by atoms with Crippen LogP contribution in [-0.4, -0.2) is 70.4 Å². The molecule has 2 N–H and O–H groups in total. The van der Waals surface area contributed by atoms with E-state index in [1.807, 2.05) is 0 Å². The first-order chi connectivity index (χ1) is 15.4. The third kappa shape index (κ3) is 6.14. The summed E-state index contributed by atoms with van der Waals surface area (Å²) in [6.45, 7) is 0.704. The summed E-state index contributed by atoms with van der Waals surface area (Å²) in [7, 11) is 0. The Labute approximate surface area is 187 Å². The summed E-state index contributed by atoms with van der Waals surface area (Å²) in [5.74, 6) is -1.02. The van der Waals surface area contributed by atoms with Crippen LogP contribution in [-0.2, 0) is 28.8 Å². The lowest BCUT2D eigenvalue weighted by Gasteiger charge is -2.30. The van der Waals surface area contributed by atoms with Gasteiger partial charge in [-0.3, -0.25) is 38.6 Å². The molecule has 3 aliphatic rings. The number of imide groups is 2. The molecule has 3 fully saturated rings. The second-order valence-electron chi connectivity index (χ2n) is 8.70. The van der Waals surface area contributed by atoms with Gasteiger partial charge in [0.25, 0.3) is 0 Å². The molecule has 0 aromatic carbocycles. The van der Waals surface area contributed by atoms with Gasteiger partial charge in [0.15, 0.2) is 0 Å². The van der Waals surface area contributed by atoms with E-state index in [1.165, 1.54) is 9.80 Å². The lowest BCUT2D eigenvalue weighted by molar-refractivity contribution is -0.149. The Hall–Kier alpha value is -2.78. The molecule has 0 saturated carbocycles. The Morgan fingerprint density at radius 3 is 1.25 bits per heavy atom. The molecule has 3 aliphatic heterocycles. The number of rotatable bonds is 10. The van der Waals surface area contributed by atoms with E-state index in [4.69, 9.17) is 0 Å². The molecule has 0 aliphatic carbocycles. The van der Waals surface area contributed by atoms with Crippen LogP contribution in [0.5, 0.6) is 0 Å². The van der Waals surface area contributed by atoms with Crippen LogP contribution in [0.2, 0.25) is 0 Å². The fourth-order valence-corrected chi connectivity index (χ4v) is 4.42. The average molecular weight is 449 g/mol. The number of carbonyl (C=O) groups is 6. The number of amides is 6.